The highest BCUT2D eigenvalue weighted by molar-refractivity contribution is 6.30. The van der Waals surface area contributed by atoms with Crippen LogP contribution in [0, 0.1) is 10.1 Å². The number of methoxy groups -OCH3 is 1. The summed E-state index contributed by atoms with van der Waals surface area (Å²) in [7, 11) is 1.43. The summed E-state index contributed by atoms with van der Waals surface area (Å²) in [5.41, 5.74) is 3.48. The number of nitro benzene ring substituents is 1. The minimum Gasteiger partial charge on any atom is -0.493 e. The van der Waals surface area contributed by atoms with Crippen LogP contribution in [0.5, 0.6) is 11.5 Å². The number of benzene rings is 3. The molecule has 0 aromatic heterocycles. The van der Waals surface area contributed by atoms with Crippen molar-refractivity contribution in [3.05, 3.63) is 98.6 Å². The summed E-state index contributed by atoms with van der Waals surface area (Å²) in [5.74, 6) is 0.0396. The third-order valence-electron chi connectivity index (χ3n) is 4.22. The number of amides is 1. The zero-order valence-corrected chi connectivity index (χ0v) is 17.2. The monoisotopic (exact) mass is 439 g/mol. The number of hydrogen-bond donors (Lipinski definition) is 1. The fourth-order valence-corrected chi connectivity index (χ4v) is 2.79. The van der Waals surface area contributed by atoms with Crippen LogP contribution in [0.2, 0.25) is 5.02 Å². The van der Waals surface area contributed by atoms with Crippen molar-refractivity contribution in [1.29, 1.82) is 0 Å². The van der Waals surface area contributed by atoms with Crippen LogP contribution in [-0.4, -0.2) is 24.2 Å². The van der Waals surface area contributed by atoms with Gasteiger partial charge < -0.3 is 9.47 Å². The van der Waals surface area contributed by atoms with Gasteiger partial charge in [0.2, 0.25) is 0 Å². The Morgan fingerprint density at radius 1 is 1.13 bits per heavy atom. The van der Waals surface area contributed by atoms with Crippen LogP contribution >= 0.6 is 11.6 Å². The first-order chi connectivity index (χ1) is 15.0. The fraction of sp³-hybridized carbons (Fsp3) is 0.0909. The number of nitrogens with zero attached hydrogens (tertiary/aromatic N) is 2. The molecule has 0 aliphatic rings. The largest absolute Gasteiger partial charge is 0.493 e. The molecule has 1 amide bonds. The minimum atomic E-state index is -0.558. The maximum absolute atomic E-state index is 12.1. The quantitative estimate of drug-likeness (QED) is 0.314. The number of hydrogen-bond acceptors (Lipinski definition) is 6. The van der Waals surface area contributed by atoms with E-state index in [1.807, 2.05) is 30.3 Å². The Morgan fingerprint density at radius 3 is 2.48 bits per heavy atom. The number of carbonyl (C=O) groups is 1. The van der Waals surface area contributed by atoms with Gasteiger partial charge in [-0.05, 0) is 35.9 Å². The maximum atomic E-state index is 12.1. The number of hydrazone groups is 1. The van der Waals surface area contributed by atoms with Crippen LogP contribution in [0.25, 0.3) is 0 Å². The van der Waals surface area contributed by atoms with Crippen molar-refractivity contribution in [3.8, 4) is 11.5 Å². The molecular weight excluding hydrogens is 422 g/mol. The van der Waals surface area contributed by atoms with Gasteiger partial charge in [-0.2, -0.15) is 5.10 Å². The molecule has 9 heteroatoms. The first-order valence-corrected chi connectivity index (χ1v) is 9.48. The molecule has 0 radical (unpaired) electrons. The lowest BCUT2D eigenvalue weighted by atomic mass is 10.1. The molecule has 0 unspecified atom stereocenters. The van der Waals surface area contributed by atoms with E-state index in [-0.39, 0.29) is 23.6 Å². The highest BCUT2D eigenvalue weighted by atomic mass is 35.5. The molecule has 3 aromatic carbocycles. The van der Waals surface area contributed by atoms with Gasteiger partial charge in [0.05, 0.1) is 29.9 Å². The highest BCUT2D eigenvalue weighted by Crippen LogP contribution is 2.34. The van der Waals surface area contributed by atoms with E-state index in [4.69, 9.17) is 21.1 Å². The van der Waals surface area contributed by atoms with Crippen LogP contribution < -0.4 is 14.9 Å². The molecule has 0 aliphatic carbocycles. The summed E-state index contributed by atoms with van der Waals surface area (Å²) in [6.45, 7) is 0.221. The molecule has 0 saturated carbocycles. The van der Waals surface area contributed by atoms with Crippen LogP contribution in [-0.2, 0) is 6.61 Å². The van der Waals surface area contributed by atoms with Gasteiger partial charge in [-0.3, -0.25) is 14.9 Å². The van der Waals surface area contributed by atoms with Crippen LogP contribution in [0.4, 0.5) is 5.69 Å². The summed E-state index contributed by atoms with van der Waals surface area (Å²) >= 11 is 5.80. The molecule has 0 fully saturated rings. The lowest BCUT2D eigenvalue weighted by Gasteiger charge is -2.12. The number of carbonyl (C=O) groups excluding carboxylic acids is 1. The highest BCUT2D eigenvalue weighted by Gasteiger charge is 2.19. The lowest BCUT2D eigenvalue weighted by Crippen LogP contribution is -2.17. The van der Waals surface area contributed by atoms with Crippen molar-refractivity contribution < 1.29 is 19.2 Å². The van der Waals surface area contributed by atoms with Gasteiger partial charge in [0, 0.05) is 10.6 Å². The second-order valence-electron chi connectivity index (χ2n) is 6.30. The SMILES string of the molecule is COc1cc(/C=N\NC(=O)c2ccc(Cl)cc2)c([N+](=O)[O-])cc1OCc1ccccc1. The zero-order chi connectivity index (χ0) is 22.2. The molecule has 0 atom stereocenters. The second kappa shape index (κ2) is 10.2. The summed E-state index contributed by atoms with van der Waals surface area (Å²) in [4.78, 5) is 23.1. The molecule has 0 saturated heterocycles. The lowest BCUT2D eigenvalue weighted by molar-refractivity contribution is -0.385. The standard InChI is InChI=1S/C22H18ClN3O5/c1-30-20-11-17(13-24-25-22(27)16-7-9-18(23)10-8-16)19(26(28)29)12-21(20)31-14-15-5-3-2-4-6-15/h2-13H,14H2,1H3,(H,25,27)/b24-13-. The number of rotatable bonds is 8. The van der Waals surface area contributed by atoms with Crippen molar-refractivity contribution in [3.63, 3.8) is 0 Å². The molecule has 3 rings (SSSR count). The van der Waals surface area contributed by atoms with E-state index >= 15 is 0 Å². The molecule has 1 N–H and O–H groups in total. The smallest absolute Gasteiger partial charge is 0.282 e. The average Bonchev–Trinajstić information content (AvgIpc) is 2.78. The van der Waals surface area contributed by atoms with Gasteiger partial charge in [0.25, 0.3) is 11.6 Å². The fourth-order valence-electron chi connectivity index (χ4n) is 2.66. The first kappa shape index (κ1) is 21.8. The van der Waals surface area contributed by atoms with E-state index < -0.39 is 10.8 Å². The maximum Gasteiger partial charge on any atom is 0.282 e. The predicted octanol–water partition coefficient (Wildman–Crippen LogP) is 4.60. The Balaban J connectivity index is 1.79. The number of halogens is 1. The van der Waals surface area contributed by atoms with Crippen LogP contribution in [0.3, 0.4) is 0 Å². The van der Waals surface area contributed by atoms with E-state index in [0.29, 0.717) is 16.3 Å². The Kier molecular flexibility index (Phi) is 7.18. The Morgan fingerprint density at radius 2 is 1.84 bits per heavy atom. The summed E-state index contributed by atoms with van der Waals surface area (Å²) in [6, 6.07) is 18.3. The summed E-state index contributed by atoms with van der Waals surface area (Å²) in [6.07, 6.45) is 1.18. The Hall–Kier alpha value is -3.91. The van der Waals surface area contributed by atoms with Gasteiger partial charge in [-0.1, -0.05) is 41.9 Å². The van der Waals surface area contributed by atoms with Crippen molar-refractivity contribution in [2.45, 2.75) is 6.61 Å². The molecule has 8 nitrogen and oxygen atoms in total. The van der Waals surface area contributed by atoms with Crippen molar-refractivity contribution in [1.82, 2.24) is 5.43 Å². The molecule has 0 heterocycles. The van der Waals surface area contributed by atoms with E-state index in [2.05, 4.69) is 10.5 Å². The van der Waals surface area contributed by atoms with Crippen molar-refractivity contribution >= 4 is 29.4 Å². The first-order valence-electron chi connectivity index (χ1n) is 9.10. The molecule has 0 bridgehead atoms. The van der Waals surface area contributed by atoms with E-state index in [1.54, 1.807) is 12.1 Å². The summed E-state index contributed by atoms with van der Waals surface area (Å²) in [5, 5.41) is 15.9. The number of nitrogens with one attached hydrogen (secondary N) is 1. The van der Waals surface area contributed by atoms with E-state index in [1.165, 1.54) is 37.6 Å². The van der Waals surface area contributed by atoms with Gasteiger partial charge >= 0.3 is 0 Å². The molecule has 0 spiro atoms. The van der Waals surface area contributed by atoms with Crippen molar-refractivity contribution in [2.24, 2.45) is 5.10 Å². The second-order valence-corrected chi connectivity index (χ2v) is 6.74. The van der Waals surface area contributed by atoms with Gasteiger partial charge in [-0.15, -0.1) is 0 Å². The zero-order valence-electron chi connectivity index (χ0n) is 16.4. The normalized spacial score (nSPS) is 10.6. The van der Waals surface area contributed by atoms with Gasteiger partial charge in [-0.25, -0.2) is 5.43 Å². The van der Waals surface area contributed by atoms with E-state index in [0.717, 1.165) is 5.56 Å². The van der Waals surface area contributed by atoms with Crippen molar-refractivity contribution in [2.75, 3.05) is 7.11 Å². The third-order valence-corrected chi connectivity index (χ3v) is 4.47. The number of ether oxygens (including phenoxy) is 2. The van der Waals surface area contributed by atoms with Gasteiger partial charge in [0.1, 0.15) is 6.61 Å². The predicted molar refractivity (Wildman–Crippen MR) is 117 cm³/mol. The minimum absolute atomic E-state index is 0.144. The van der Waals surface area contributed by atoms with E-state index in [9.17, 15) is 14.9 Å². The average molecular weight is 440 g/mol. The molecule has 3 aromatic rings. The van der Waals surface area contributed by atoms with Gasteiger partial charge in [0.15, 0.2) is 11.5 Å². The molecule has 0 aliphatic heterocycles. The Bertz CT molecular complexity index is 1100. The molecule has 31 heavy (non-hydrogen) atoms. The topological polar surface area (TPSA) is 103 Å². The Labute approximate surface area is 183 Å². The van der Waals surface area contributed by atoms with Crippen LogP contribution in [0.15, 0.2) is 71.8 Å². The summed E-state index contributed by atoms with van der Waals surface area (Å²) < 4.78 is 11.0. The molecule has 158 valence electrons. The third kappa shape index (κ3) is 5.80. The molecular formula is C22H18ClN3O5. The number of nitro groups is 1. The van der Waals surface area contributed by atoms with Crippen LogP contribution in [0.1, 0.15) is 21.5 Å².